The van der Waals surface area contributed by atoms with Gasteiger partial charge in [-0.3, -0.25) is 14.3 Å². The molecule has 148 valence electrons. The van der Waals surface area contributed by atoms with Crippen molar-refractivity contribution >= 4 is 37.4 Å². The van der Waals surface area contributed by atoms with E-state index in [-0.39, 0.29) is 32.4 Å². The van der Waals surface area contributed by atoms with E-state index in [1.54, 1.807) is 10.8 Å². The normalized spacial score (nSPS) is 16.1. The molecule has 0 aromatic heterocycles. The van der Waals surface area contributed by atoms with Crippen LogP contribution in [0.1, 0.15) is 22.8 Å². The van der Waals surface area contributed by atoms with Gasteiger partial charge in [-0.25, -0.2) is 21.6 Å². The zero-order valence-electron chi connectivity index (χ0n) is 14.8. The van der Waals surface area contributed by atoms with E-state index in [1.807, 2.05) is 0 Å². The number of nitrogens with one attached hydrogen (secondary N) is 2. The summed E-state index contributed by atoms with van der Waals surface area (Å²) in [6.45, 7) is 1.32. The first-order chi connectivity index (χ1) is 13.6. The van der Waals surface area contributed by atoms with Crippen LogP contribution in [-0.4, -0.2) is 28.5 Å². The summed E-state index contributed by atoms with van der Waals surface area (Å²) < 4.78 is 53.1. The maximum absolute atomic E-state index is 12.5. The van der Waals surface area contributed by atoms with Crippen molar-refractivity contribution in [2.75, 3.05) is 0 Å². The number of carbonyl (C=O) groups excluding carboxylic acids is 2. The molecule has 1 heterocycles. The largest absolute Gasteiger partial charge is 0.295 e. The molecule has 1 amide bonds. The van der Waals surface area contributed by atoms with Gasteiger partial charge in [0.25, 0.3) is 26.0 Å². The third kappa shape index (κ3) is 3.75. The second-order valence-corrected chi connectivity index (χ2v) is 9.31. The number of Topliss-reactive ketones (excluding diaryl/α,β-unsaturated/α-hetero) is 1. The fraction of sp³-hybridized carbons (Fsp3) is 0.0556. The van der Waals surface area contributed by atoms with Crippen molar-refractivity contribution in [3.8, 4) is 6.07 Å². The molecular weight excluding hydrogens is 418 g/mol. The molecule has 0 saturated carbocycles. The summed E-state index contributed by atoms with van der Waals surface area (Å²) in [4.78, 5) is 23.4. The standard InChI is InChI=1S/C18H13N3O6S2/c1-11(22)12-6-8-13(9-7-12)28(24,25)21-18(23)15(10-19)17-14-4-2-3-5-16(14)29(26,27)20-17/h2-9,20H,1H3,(H,21,23). The molecule has 1 aliphatic heterocycles. The number of hydrogen-bond acceptors (Lipinski definition) is 7. The van der Waals surface area contributed by atoms with Crippen LogP contribution < -0.4 is 9.44 Å². The average Bonchev–Trinajstić information content (AvgIpc) is 2.93. The maximum Gasteiger partial charge on any atom is 0.277 e. The van der Waals surface area contributed by atoms with Crippen LogP contribution in [0.15, 0.2) is 63.9 Å². The third-order valence-corrected chi connectivity index (χ3v) is 6.82. The molecule has 0 fully saturated rings. The Balaban J connectivity index is 1.98. The highest BCUT2D eigenvalue weighted by atomic mass is 32.2. The van der Waals surface area contributed by atoms with Crippen molar-refractivity contribution in [2.24, 2.45) is 0 Å². The molecule has 0 atom stereocenters. The Morgan fingerprint density at radius 2 is 1.69 bits per heavy atom. The van der Waals surface area contributed by atoms with E-state index in [4.69, 9.17) is 0 Å². The predicted octanol–water partition coefficient (Wildman–Crippen LogP) is 0.921. The Morgan fingerprint density at radius 3 is 2.28 bits per heavy atom. The van der Waals surface area contributed by atoms with Gasteiger partial charge >= 0.3 is 0 Å². The Morgan fingerprint density at radius 1 is 1.07 bits per heavy atom. The van der Waals surface area contributed by atoms with Gasteiger partial charge in [-0.05, 0) is 25.1 Å². The molecule has 0 aliphatic carbocycles. The van der Waals surface area contributed by atoms with E-state index in [1.165, 1.54) is 43.3 Å². The highest BCUT2D eigenvalue weighted by molar-refractivity contribution is 7.90. The minimum absolute atomic E-state index is 0.0856. The summed E-state index contributed by atoms with van der Waals surface area (Å²) in [7, 11) is -8.34. The fourth-order valence-corrected chi connectivity index (χ4v) is 4.92. The summed E-state index contributed by atoms with van der Waals surface area (Å²) in [5, 5.41) is 9.38. The first-order valence-corrected chi connectivity index (χ1v) is 11.0. The van der Waals surface area contributed by atoms with E-state index in [9.17, 15) is 31.7 Å². The molecule has 9 nitrogen and oxygen atoms in total. The number of amides is 1. The van der Waals surface area contributed by atoms with E-state index in [0.29, 0.717) is 0 Å². The molecule has 2 N–H and O–H groups in total. The molecule has 3 rings (SSSR count). The Labute approximate surface area is 166 Å². The summed E-state index contributed by atoms with van der Waals surface area (Å²) in [6.07, 6.45) is 0. The van der Waals surface area contributed by atoms with E-state index in [0.717, 1.165) is 12.1 Å². The Hall–Kier alpha value is -3.49. The number of hydrogen-bond donors (Lipinski definition) is 2. The molecular formula is C18H13N3O6S2. The van der Waals surface area contributed by atoms with Crippen molar-refractivity contribution in [3.05, 3.63) is 65.2 Å². The van der Waals surface area contributed by atoms with Gasteiger partial charge in [-0.15, -0.1) is 0 Å². The molecule has 2 aromatic carbocycles. The number of carbonyl (C=O) groups is 2. The van der Waals surface area contributed by atoms with Gasteiger partial charge in [0, 0.05) is 11.1 Å². The Kier molecular flexibility index (Phi) is 5.00. The fourth-order valence-electron chi connectivity index (χ4n) is 2.66. The summed E-state index contributed by atoms with van der Waals surface area (Å²) >= 11 is 0. The third-order valence-electron chi connectivity index (χ3n) is 4.07. The second-order valence-electron chi connectivity index (χ2n) is 5.98. The lowest BCUT2D eigenvalue weighted by Gasteiger charge is -2.08. The smallest absolute Gasteiger partial charge is 0.277 e. The Bertz CT molecular complexity index is 1320. The number of benzene rings is 2. The zero-order chi connectivity index (χ0) is 21.4. The van der Waals surface area contributed by atoms with Crippen molar-refractivity contribution in [1.29, 1.82) is 5.26 Å². The highest BCUT2D eigenvalue weighted by Crippen LogP contribution is 2.31. The quantitative estimate of drug-likeness (QED) is 0.415. The predicted molar refractivity (Wildman–Crippen MR) is 101 cm³/mol. The molecule has 29 heavy (non-hydrogen) atoms. The van der Waals surface area contributed by atoms with Crippen LogP contribution in [0.4, 0.5) is 0 Å². The zero-order valence-corrected chi connectivity index (χ0v) is 16.5. The van der Waals surface area contributed by atoms with Crippen LogP contribution in [0.3, 0.4) is 0 Å². The monoisotopic (exact) mass is 431 g/mol. The van der Waals surface area contributed by atoms with Crippen LogP contribution in [0.5, 0.6) is 0 Å². The number of fused-ring (bicyclic) bond motifs is 1. The number of ketones is 1. The first kappa shape index (κ1) is 20.2. The molecule has 1 aliphatic rings. The number of nitrogens with zero attached hydrogens (tertiary/aromatic N) is 1. The van der Waals surface area contributed by atoms with Gasteiger partial charge in [0.15, 0.2) is 5.78 Å². The second kappa shape index (κ2) is 7.16. The van der Waals surface area contributed by atoms with E-state index < -0.39 is 31.5 Å². The summed E-state index contributed by atoms with van der Waals surface area (Å²) in [5.41, 5.74) is -0.639. The molecule has 0 radical (unpaired) electrons. The van der Waals surface area contributed by atoms with Crippen LogP contribution in [0.2, 0.25) is 0 Å². The number of rotatable bonds is 4. The van der Waals surface area contributed by atoms with Crippen molar-refractivity contribution in [3.63, 3.8) is 0 Å². The van der Waals surface area contributed by atoms with Crippen LogP contribution in [0.25, 0.3) is 5.70 Å². The molecule has 2 aromatic rings. The van der Waals surface area contributed by atoms with Crippen molar-refractivity contribution < 1.29 is 26.4 Å². The van der Waals surface area contributed by atoms with E-state index >= 15 is 0 Å². The lowest BCUT2D eigenvalue weighted by atomic mass is 10.1. The number of sulfonamides is 2. The SMILES string of the molecule is CC(=O)c1ccc(S(=O)(=O)NC(=O)C(C#N)=C2NS(=O)(=O)c3ccccc32)cc1. The molecule has 0 unspecified atom stereocenters. The number of nitriles is 1. The van der Waals surface area contributed by atoms with Gasteiger partial charge in [0.2, 0.25) is 0 Å². The van der Waals surface area contributed by atoms with Gasteiger partial charge in [0.1, 0.15) is 11.6 Å². The summed E-state index contributed by atoms with van der Waals surface area (Å²) in [6, 6.07) is 12.1. The average molecular weight is 431 g/mol. The topological polar surface area (TPSA) is 150 Å². The van der Waals surface area contributed by atoms with Crippen LogP contribution in [0, 0.1) is 11.3 Å². The minimum Gasteiger partial charge on any atom is -0.295 e. The van der Waals surface area contributed by atoms with Crippen LogP contribution in [-0.2, 0) is 24.8 Å². The molecule has 0 saturated heterocycles. The molecule has 0 bridgehead atoms. The molecule has 11 heteroatoms. The highest BCUT2D eigenvalue weighted by Gasteiger charge is 2.34. The van der Waals surface area contributed by atoms with E-state index in [2.05, 4.69) is 4.72 Å². The minimum atomic E-state index is -4.37. The summed E-state index contributed by atoms with van der Waals surface area (Å²) in [5.74, 6) is -1.56. The van der Waals surface area contributed by atoms with Gasteiger partial charge < -0.3 is 0 Å². The van der Waals surface area contributed by atoms with Crippen molar-refractivity contribution in [1.82, 2.24) is 9.44 Å². The first-order valence-electron chi connectivity index (χ1n) is 8.01. The lowest BCUT2D eigenvalue weighted by Crippen LogP contribution is -2.32. The molecule has 0 spiro atoms. The van der Waals surface area contributed by atoms with Gasteiger partial charge in [-0.2, -0.15) is 5.26 Å². The van der Waals surface area contributed by atoms with Crippen LogP contribution >= 0.6 is 0 Å². The van der Waals surface area contributed by atoms with Crippen molar-refractivity contribution in [2.45, 2.75) is 16.7 Å². The maximum atomic E-state index is 12.5. The van der Waals surface area contributed by atoms with Gasteiger partial charge in [0.05, 0.1) is 15.5 Å². The lowest BCUT2D eigenvalue weighted by molar-refractivity contribution is -0.115. The van der Waals surface area contributed by atoms with Gasteiger partial charge in [-0.1, -0.05) is 30.3 Å².